The number of para-hydroxylation sites is 1. The molecule has 1 aliphatic rings. The van der Waals surface area contributed by atoms with Crippen molar-refractivity contribution in [1.29, 1.82) is 0 Å². The molecule has 0 saturated carbocycles. The average Bonchev–Trinajstić information content (AvgIpc) is 2.88. The number of hydrogen-bond donors (Lipinski definition) is 1. The number of benzene rings is 3. The minimum absolute atomic E-state index is 0.141. The molecule has 1 amide bonds. The number of piperazine rings is 1. The number of aryl methyl sites for hydroxylation is 1. The lowest BCUT2D eigenvalue weighted by Gasteiger charge is -2.36. The molecule has 0 spiro atoms. The molecule has 1 N–H and O–H groups in total. The maximum atomic E-state index is 12.8. The zero-order chi connectivity index (χ0) is 24.0. The Morgan fingerprint density at radius 3 is 2.06 bits per heavy atom. The highest BCUT2D eigenvalue weighted by Gasteiger charge is 2.21. The number of amides is 1. The SMILES string of the molecule is C[C@@H](NS(=O)(=O)c1ccc(CCC(=O)N2CCN(c3ccccc3)CC2)cc1)c1ccccc1. The lowest BCUT2D eigenvalue weighted by molar-refractivity contribution is -0.131. The third-order valence-electron chi connectivity index (χ3n) is 6.25. The number of carbonyl (C=O) groups excluding carboxylic acids is 1. The van der Waals surface area contributed by atoms with Crippen molar-refractivity contribution in [1.82, 2.24) is 9.62 Å². The van der Waals surface area contributed by atoms with E-state index in [4.69, 9.17) is 0 Å². The Morgan fingerprint density at radius 2 is 1.44 bits per heavy atom. The summed E-state index contributed by atoms with van der Waals surface area (Å²) in [5.41, 5.74) is 3.05. The predicted octanol–water partition coefficient (Wildman–Crippen LogP) is 4.01. The van der Waals surface area contributed by atoms with Crippen LogP contribution in [0.3, 0.4) is 0 Å². The van der Waals surface area contributed by atoms with Gasteiger partial charge < -0.3 is 9.80 Å². The monoisotopic (exact) mass is 477 g/mol. The molecule has 0 aliphatic carbocycles. The number of nitrogens with one attached hydrogen (secondary N) is 1. The van der Waals surface area contributed by atoms with Crippen molar-refractivity contribution in [2.24, 2.45) is 0 Å². The summed E-state index contributed by atoms with van der Waals surface area (Å²) in [5, 5.41) is 0. The molecule has 1 aliphatic heterocycles. The number of hydrogen-bond acceptors (Lipinski definition) is 4. The Balaban J connectivity index is 1.27. The summed E-state index contributed by atoms with van der Waals surface area (Å²) in [5.74, 6) is 0.141. The predicted molar refractivity (Wildman–Crippen MR) is 135 cm³/mol. The molecule has 7 heteroatoms. The first kappa shape index (κ1) is 24.0. The van der Waals surface area contributed by atoms with Crippen molar-refractivity contribution in [2.75, 3.05) is 31.1 Å². The summed E-state index contributed by atoms with van der Waals surface area (Å²) in [7, 11) is -3.63. The van der Waals surface area contributed by atoms with Crippen LogP contribution >= 0.6 is 0 Å². The molecule has 0 bridgehead atoms. The van der Waals surface area contributed by atoms with Crippen LogP contribution in [0.15, 0.2) is 89.8 Å². The van der Waals surface area contributed by atoms with Gasteiger partial charge in [0.25, 0.3) is 0 Å². The zero-order valence-corrected chi connectivity index (χ0v) is 20.2. The zero-order valence-electron chi connectivity index (χ0n) is 19.4. The summed E-state index contributed by atoms with van der Waals surface area (Å²) in [4.78, 5) is 17.1. The fraction of sp³-hybridized carbons (Fsp3) is 0.296. The Morgan fingerprint density at radius 1 is 0.853 bits per heavy atom. The molecule has 34 heavy (non-hydrogen) atoms. The van der Waals surface area contributed by atoms with Crippen LogP contribution in [0.5, 0.6) is 0 Å². The molecule has 6 nitrogen and oxygen atoms in total. The summed E-state index contributed by atoms with van der Waals surface area (Å²) < 4.78 is 28.2. The smallest absolute Gasteiger partial charge is 0.241 e. The van der Waals surface area contributed by atoms with Gasteiger partial charge >= 0.3 is 0 Å². The van der Waals surface area contributed by atoms with E-state index in [1.807, 2.05) is 60.4 Å². The third-order valence-corrected chi connectivity index (χ3v) is 7.80. The number of rotatable bonds is 8. The van der Waals surface area contributed by atoms with Crippen molar-refractivity contribution in [3.8, 4) is 0 Å². The van der Waals surface area contributed by atoms with Gasteiger partial charge in [-0.1, -0.05) is 60.7 Å². The van der Waals surface area contributed by atoms with Gasteiger partial charge in [-0.2, -0.15) is 0 Å². The molecular formula is C27H31N3O3S. The summed E-state index contributed by atoms with van der Waals surface area (Å²) in [6.07, 6.45) is 1.01. The van der Waals surface area contributed by atoms with E-state index in [1.165, 1.54) is 5.69 Å². The van der Waals surface area contributed by atoms with E-state index in [-0.39, 0.29) is 16.8 Å². The molecule has 0 aromatic heterocycles. The highest BCUT2D eigenvalue weighted by atomic mass is 32.2. The molecule has 0 unspecified atom stereocenters. The summed E-state index contributed by atoms with van der Waals surface area (Å²) in [6, 6.07) is 26.2. The lowest BCUT2D eigenvalue weighted by Crippen LogP contribution is -2.48. The molecule has 4 rings (SSSR count). The maximum absolute atomic E-state index is 12.8. The second kappa shape index (κ2) is 10.8. The Kier molecular flexibility index (Phi) is 7.65. The fourth-order valence-electron chi connectivity index (χ4n) is 4.21. The summed E-state index contributed by atoms with van der Waals surface area (Å²) in [6.45, 7) is 4.92. The first-order chi connectivity index (χ1) is 16.4. The van der Waals surface area contributed by atoms with Gasteiger partial charge in [0, 0.05) is 44.3 Å². The first-order valence-electron chi connectivity index (χ1n) is 11.7. The fourth-order valence-corrected chi connectivity index (χ4v) is 5.44. The topological polar surface area (TPSA) is 69.7 Å². The number of sulfonamides is 1. The van der Waals surface area contributed by atoms with Crippen LogP contribution in [0.4, 0.5) is 5.69 Å². The maximum Gasteiger partial charge on any atom is 0.241 e. The summed E-state index contributed by atoms with van der Waals surface area (Å²) >= 11 is 0. The van der Waals surface area contributed by atoms with Crippen molar-refractivity contribution in [2.45, 2.75) is 30.7 Å². The first-order valence-corrected chi connectivity index (χ1v) is 13.1. The van der Waals surface area contributed by atoms with E-state index in [9.17, 15) is 13.2 Å². The number of nitrogens with zero attached hydrogens (tertiary/aromatic N) is 2. The van der Waals surface area contributed by atoms with Crippen molar-refractivity contribution < 1.29 is 13.2 Å². The van der Waals surface area contributed by atoms with Crippen LogP contribution in [-0.2, 0) is 21.2 Å². The van der Waals surface area contributed by atoms with Crippen molar-refractivity contribution >= 4 is 21.6 Å². The van der Waals surface area contributed by atoms with Crippen LogP contribution in [-0.4, -0.2) is 45.4 Å². The van der Waals surface area contributed by atoms with E-state index in [0.717, 1.165) is 37.3 Å². The van der Waals surface area contributed by atoms with Gasteiger partial charge in [0.15, 0.2) is 0 Å². The normalized spacial score (nSPS) is 15.2. The van der Waals surface area contributed by atoms with Gasteiger partial charge in [0.2, 0.25) is 15.9 Å². The molecule has 3 aromatic rings. The second-order valence-corrected chi connectivity index (χ2v) is 10.3. The van der Waals surface area contributed by atoms with Crippen LogP contribution in [0.1, 0.15) is 30.5 Å². The van der Waals surface area contributed by atoms with Gasteiger partial charge in [0.1, 0.15) is 0 Å². The molecule has 1 atom stereocenters. The highest BCUT2D eigenvalue weighted by Crippen LogP contribution is 2.19. The Bertz CT molecular complexity index is 1170. The van der Waals surface area contributed by atoms with E-state index in [0.29, 0.717) is 12.8 Å². The molecule has 1 fully saturated rings. The van der Waals surface area contributed by atoms with Gasteiger partial charge in [-0.3, -0.25) is 4.79 Å². The third kappa shape index (κ3) is 6.04. The Labute approximate surface area is 202 Å². The van der Waals surface area contributed by atoms with Gasteiger partial charge in [-0.25, -0.2) is 13.1 Å². The molecular weight excluding hydrogens is 446 g/mol. The second-order valence-electron chi connectivity index (χ2n) is 8.60. The molecule has 1 saturated heterocycles. The van der Waals surface area contributed by atoms with Crippen molar-refractivity contribution in [3.63, 3.8) is 0 Å². The van der Waals surface area contributed by atoms with Crippen LogP contribution in [0.2, 0.25) is 0 Å². The Hall–Kier alpha value is -3.16. The standard InChI is InChI=1S/C27H31N3O3S/c1-22(24-8-4-2-5-9-24)28-34(32,33)26-15-12-23(13-16-26)14-17-27(31)30-20-18-29(19-21-30)25-10-6-3-7-11-25/h2-13,15-16,22,28H,14,17-21H2,1H3/t22-/m1/s1. The minimum Gasteiger partial charge on any atom is -0.368 e. The van der Waals surface area contributed by atoms with E-state index in [2.05, 4.69) is 21.8 Å². The largest absolute Gasteiger partial charge is 0.368 e. The van der Waals surface area contributed by atoms with Crippen LogP contribution < -0.4 is 9.62 Å². The number of carbonyl (C=O) groups is 1. The van der Waals surface area contributed by atoms with Gasteiger partial charge in [-0.15, -0.1) is 0 Å². The quantitative estimate of drug-likeness (QED) is 0.532. The van der Waals surface area contributed by atoms with E-state index < -0.39 is 10.0 Å². The molecule has 3 aromatic carbocycles. The van der Waals surface area contributed by atoms with E-state index in [1.54, 1.807) is 24.3 Å². The molecule has 1 heterocycles. The van der Waals surface area contributed by atoms with Crippen molar-refractivity contribution in [3.05, 3.63) is 96.1 Å². The van der Waals surface area contributed by atoms with Gasteiger partial charge in [-0.05, 0) is 48.7 Å². The van der Waals surface area contributed by atoms with E-state index >= 15 is 0 Å². The average molecular weight is 478 g/mol. The highest BCUT2D eigenvalue weighted by molar-refractivity contribution is 7.89. The number of anilines is 1. The lowest BCUT2D eigenvalue weighted by atomic mass is 10.1. The molecule has 178 valence electrons. The molecule has 0 radical (unpaired) electrons. The van der Waals surface area contributed by atoms with Crippen LogP contribution in [0, 0.1) is 0 Å². The minimum atomic E-state index is -3.63. The van der Waals surface area contributed by atoms with Gasteiger partial charge in [0.05, 0.1) is 4.90 Å². The van der Waals surface area contributed by atoms with Crippen LogP contribution in [0.25, 0.3) is 0 Å².